The van der Waals surface area contributed by atoms with Gasteiger partial charge in [-0.05, 0) is 35.7 Å². The van der Waals surface area contributed by atoms with Crippen LogP contribution in [0.25, 0.3) is 10.2 Å². The minimum atomic E-state index is -0.227. The molecule has 0 spiro atoms. The van der Waals surface area contributed by atoms with Crippen LogP contribution in [-0.4, -0.2) is 4.98 Å². The summed E-state index contributed by atoms with van der Waals surface area (Å²) in [5.41, 5.74) is 3.13. The maximum atomic E-state index is 13.2. The van der Waals surface area contributed by atoms with Crippen molar-refractivity contribution in [1.29, 1.82) is 0 Å². The third-order valence-corrected chi connectivity index (χ3v) is 4.11. The Labute approximate surface area is 121 Å². The van der Waals surface area contributed by atoms with Crippen molar-refractivity contribution in [3.05, 3.63) is 53.8 Å². The predicted molar refractivity (Wildman–Crippen MR) is 83.4 cm³/mol. The standard InChI is InChI=1S/C16H15FN2S/c1-10(2)12-5-3-4-6-13(12)18-16-19-14-8-7-11(17)9-15(14)20-16/h3-10H,1-2H3,(H,18,19). The van der Waals surface area contributed by atoms with Gasteiger partial charge in [-0.15, -0.1) is 0 Å². The molecular formula is C16H15FN2S. The molecule has 0 aliphatic carbocycles. The highest BCUT2D eigenvalue weighted by Gasteiger charge is 2.09. The van der Waals surface area contributed by atoms with Gasteiger partial charge in [-0.25, -0.2) is 9.37 Å². The van der Waals surface area contributed by atoms with E-state index >= 15 is 0 Å². The lowest BCUT2D eigenvalue weighted by atomic mass is 10.0. The fourth-order valence-corrected chi connectivity index (χ4v) is 3.08. The lowest BCUT2D eigenvalue weighted by Gasteiger charge is -2.12. The van der Waals surface area contributed by atoms with E-state index in [1.165, 1.54) is 29.0 Å². The first-order valence-electron chi connectivity index (χ1n) is 6.55. The molecule has 102 valence electrons. The third-order valence-electron chi connectivity index (χ3n) is 3.17. The summed E-state index contributed by atoms with van der Waals surface area (Å²) >= 11 is 1.46. The Balaban J connectivity index is 1.97. The van der Waals surface area contributed by atoms with Crippen LogP contribution in [0.1, 0.15) is 25.3 Å². The number of benzene rings is 2. The molecular weight excluding hydrogens is 271 g/mol. The molecule has 0 saturated heterocycles. The molecule has 0 radical (unpaired) electrons. The second kappa shape index (κ2) is 5.21. The number of para-hydroxylation sites is 1. The second-order valence-corrected chi connectivity index (χ2v) is 6.03. The van der Waals surface area contributed by atoms with Gasteiger partial charge in [0.2, 0.25) is 0 Å². The van der Waals surface area contributed by atoms with Gasteiger partial charge in [-0.3, -0.25) is 0 Å². The van der Waals surface area contributed by atoms with Gasteiger partial charge in [-0.1, -0.05) is 43.4 Å². The number of hydrogen-bond donors (Lipinski definition) is 1. The second-order valence-electron chi connectivity index (χ2n) is 5.00. The molecule has 2 nitrogen and oxygen atoms in total. The average Bonchev–Trinajstić information content (AvgIpc) is 2.80. The Morgan fingerprint density at radius 2 is 1.95 bits per heavy atom. The molecule has 0 aliphatic rings. The number of halogens is 1. The number of rotatable bonds is 3. The van der Waals surface area contributed by atoms with E-state index in [0.717, 1.165) is 21.0 Å². The molecule has 1 heterocycles. The van der Waals surface area contributed by atoms with Gasteiger partial charge in [0, 0.05) is 5.69 Å². The van der Waals surface area contributed by atoms with Crippen molar-refractivity contribution in [2.24, 2.45) is 0 Å². The zero-order chi connectivity index (χ0) is 14.1. The molecule has 1 aromatic heterocycles. The summed E-state index contributed by atoms with van der Waals surface area (Å²) < 4.78 is 14.1. The van der Waals surface area contributed by atoms with Crippen LogP contribution >= 0.6 is 11.3 Å². The molecule has 0 amide bonds. The molecule has 0 fully saturated rings. The molecule has 0 atom stereocenters. The van der Waals surface area contributed by atoms with Gasteiger partial charge in [-0.2, -0.15) is 0 Å². The average molecular weight is 286 g/mol. The summed E-state index contributed by atoms with van der Waals surface area (Å²) in [5.74, 6) is 0.209. The maximum absolute atomic E-state index is 13.2. The number of nitrogens with zero attached hydrogens (tertiary/aromatic N) is 1. The largest absolute Gasteiger partial charge is 0.331 e. The summed E-state index contributed by atoms with van der Waals surface area (Å²) in [6, 6.07) is 12.9. The van der Waals surface area contributed by atoms with Crippen LogP contribution in [0.3, 0.4) is 0 Å². The van der Waals surface area contributed by atoms with Crippen molar-refractivity contribution in [2.75, 3.05) is 5.32 Å². The smallest absolute Gasteiger partial charge is 0.188 e. The summed E-state index contributed by atoms with van der Waals surface area (Å²) in [7, 11) is 0. The Morgan fingerprint density at radius 3 is 2.75 bits per heavy atom. The van der Waals surface area contributed by atoms with Gasteiger partial charge in [0.25, 0.3) is 0 Å². The lowest BCUT2D eigenvalue weighted by molar-refractivity contribution is 0.630. The van der Waals surface area contributed by atoms with E-state index in [0.29, 0.717) is 5.92 Å². The van der Waals surface area contributed by atoms with Gasteiger partial charge in [0.05, 0.1) is 10.2 Å². The number of nitrogens with one attached hydrogen (secondary N) is 1. The molecule has 0 unspecified atom stereocenters. The molecule has 0 saturated carbocycles. The minimum absolute atomic E-state index is 0.227. The Morgan fingerprint density at radius 1 is 1.15 bits per heavy atom. The summed E-state index contributed by atoms with van der Waals surface area (Å²) in [6.45, 7) is 4.32. The van der Waals surface area contributed by atoms with E-state index in [-0.39, 0.29) is 5.82 Å². The van der Waals surface area contributed by atoms with Crippen LogP contribution < -0.4 is 5.32 Å². The van der Waals surface area contributed by atoms with E-state index in [9.17, 15) is 4.39 Å². The maximum Gasteiger partial charge on any atom is 0.188 e. The quantitative estimate of drug-likeness (QED) is 0.706. The van der Waals surface area contributed by atoms with Crippen LogP contribution in [0.4, 0.5) is 15.2 Å². The molecule has 2 aromatic carbocycles. The molecule has 0 aliphatic heterocycles. The first-order chi connectivity index (χ1) is 9.63. The number of anilines is 2. The number of hydrogen-bond acceptors (Lipinski definition) is 3. The third kappa shape index (κ3) is 2.51. The molecule has 20 heavy (non-hydrogen) atoms. The number of thiazole rings is 1. The monoisotopic (exact) mass is 286 g/mol. The van der Waals surface area contributed by atoms with E-state index in [4.69, 9.17) is 0 Å². The first-order valence-corrected chi connectivity index (χ1v) is 7.37. The van der Waals surface area contributed by atoms with E-state index in [1.54, 1.807) is 6.07 Å². The van der Waals surface area contributed by atoms with Gasteiger partial charge >= 0.3 is 0 Å². The molecule has 1 N–H and O–H groups in total. The van der Waals surface area contributed by atoms with Crippen LogP contribution in [0, 0.1) is 5.82 Å². The SMILES string of the molecule is CC(C)c1ccccc1Nc1nc2ccc(F)cc2s1. The van der Waals surface area contributed by atoms with E-state index in [1.807, 2.05) is 18.2 Å². The Kier molecular flexibility index (Phi) is 3.40. The van der Waals surface area contributed by atoms with E-state index < -0.39 is 0 Å². The fourth-order valence-electron chi connectivity index (χ4n) is 2.18. The van der Waals surface area contributed by atoms with Crippen molar-refractivity contribution in [2.45, 2.75) is 19.8 Å². The van der Waals surface area contributed by atoms with Crippen LogP contribution in [0.2, 0.25) is 0 Å². The number of fused-ring (bicyclic) bond motifs is 1. The minimum Gasteiger partial charge on any atom is -0.331 e. The van der Waals surface area contributed by atoms with Gasteiger partial charge in [0.1, 0.15) is 5.82 Å². The molecule has 3 rings (SSSR count). The summed E-state index contributed by atoms with van der Waals surface area (Å²) in [4.78, 5) is 4.49. The highest BCUT2D eigenvalue weighted by Crippen LogP contribution is 2.31. The molecule has 0 bridgehead atoms. The van der Waals surface area contributed by atoms with Gasteiger partial charge < -0.3 is 5.32 Å². The summed E-state index contributed by atoms with van der Waals surface area (Å²) in [6.07, 6.45) is 0. The Hall–Kier alpha value is -1.94. The predicted octanol–water partition coefficient (Wildman–Crippen LogP) is 5.30. The Bertz CT molecular complexity index is 749. The highest BCUT2D eigenvalue weighted by molar-refractivity contribution is 7.22. The van der Waals surface area contributed by atoms with Crippen molar-refractivity contribution in [3.8, 4) is 0 Å². The van der Waals surface area contributed by atoms with Crippen molar-refractivity contribution >= 4 is 32.4 Å². The van der Waals surface area contributed by atoms with Crippen LogP contribution in [-0.2, 0) is 0 Å². The number of aromatic nitrogens is 1. The molecule has 3 aromatic rings. The van der Waals surface area contributed by atoms with Gasteiger partial charge in [0.15, 0.2) is 5.13 Å². The fraction of sp³-hybridized carbons (Fsp3) is 0.188. The molecule has 4 heteroatoms. The van der Waals surface area contributed by atoms with E-state index in [2.05, 4.69) is 30.2 Å². The van der Waals surface area contributed by atoms with Crippen molar-refractivity contribution in [3.63, 3.8) is 0 Å². The lowest BCUT2D eigenvalue weighted by Crippen LogP contribution is -1.96. The normalized spacial score (nSPS) is 11.2. The topological polar surface area (TPSA) is 24.9 Å². The van der Waals surface area contributed by atoms with Crippen molar-refractivity contribution in [1.82, 2.24) is 4.98 Å². The zero-order valence-electron chi connectivity index (χ0n) is 11.4. The first kappa shape index (κ1) is 13.1. The van der Waals surface area contributed by atoms with Crippen LogP contribution in [0.15, 0.2) is 42.5 Å². The van der Waals surface area contributed by atoms with Crippen LogP contribution in [0.5, 0.6) is 0 Å². The zero-order valence-corrected chi connectivity index (χ0v) is 12.2. The summed E-state index contributed by atoms with van der Waals surface area (Å²) in [5, 5.41) is 4.14. The van der Waals surface area contributed by atoms with Crippen molar-refractivity contribution < 1.29 is 4.39 Å². The highest BCUT2D eigenvalue weighted by atomic mass is 32.1.